The van der Waals surface area contributed by atoms with Crippen LogP contribution in [0.15, 0.2) is 84.9 Å². The highest BCUT2D eigenvalue weighted by Crippen LogP contribution is 2.36. The molecule has 0 aromatic heterocycles. The van der Waals surface area contributed by atoms with Gasteiger partial charge in [-0.25, -0.2) is 4.79 Å². The van der Waals surface area contributed by atoms with Gasteiger partial charge in [0.15, 0.2) is 12.1 Å². The summed E-state index contributed by atoms with van der Waals surface area (Å²) in [4.78, 5) is 26.6. The predicted octanol–water partition coefficient (Wildman–Crippen LogP) is 4.46. The van der Waals surface area contributed by atoms with Crippen LogP contribution in [0.5, 0.6) is 0 Å². The van der Waals surface area contributed by atoms with Crippen molar-refractivity contribution < 1.29 is 18.8 Å². The van der Waals surface area contributed by atoms with E-state index < -0.39 is 6.04 Å². The number of carbonyl (C=O) groups is 2. The molecule has 3 saturated heterocycles. The van der Waals surface area contributed by atoms with E-state index >= 15 is 0 Å². The first kappa shape index (κ1) is 23.1. The number of Topliss-reactive ketones (excluding diaryl/α,β-unsaturated/α-hetero) is 1. The second-order valence-corrected chi connectivity index (χ2v) is 9.85. The summed E-state index contributed by atoms with van der Waals surface area (Å²) in [6.07, 6.45) is 1.73. The minimum Gasteiger partial charge on any atom is -0.454 e. The Balaban J connectivity index is 1.31. The number of esters is 1. The van der Waals surface area contributed by atoms with E-state index in [2.05, 4.69) is 5.32 Å². The predicted molar refractivity (Wildman–Crippen MR) is 137 cm³/mol. The van der Waals surface area contributed by atoms with Gasteiger partial charge in [-0.15, -0.1) is 0 Å². The zero-order valence-corrected chi connectivity index (χ0v) is 19.8. The van der Waals surface area contributed by atoms with Gasteiger partial charge >= 0.3 is 5.97 Å². The van der Waals surface area contributed by atoms with Gasteiger partial charge in [-0.2, -0.15) is 0 Å². The highest BCUT2D eigenvalue weighted by Gasteiger charge is 2.49. The quantitative estimate of drug-likeness (QED) is 0.220. The molecule has 180 valence electrons. The number of hydrogen-bond acceptors (Lipinski definition) is 5. The number of hydrogen-bond donors (Lipinski definition) is 2. The summed E-state index contributed by atoms with van der Waals surface area (Å²) in [5.41, 5.74) is 8.86. The number of rotatable bonds is 8. The van der Waals surface area contributed by atoms with Crippen LogP contribution < -0.4 is 11.1 Å². The van der Waals surface area contributed by atoms with E-state index in [0.717, 1.165) is 37.2 Å². The summed E-state index contributed by atoms with van der Waals surface area (Å²) in [5, 5.41) is 3.35. The van der Waals surface area contributed by atoms with Gasteiger partial charge < -0.3 is 20.3 Å². The summed E-state index contributed by atoms with van der Waals surface area (Å²) in [7, 11) is 0. The van der Waals surface area contributed by atoms with E-state index in [-0.39, 0.29) is 17.9 Å². The normalized spacial score (nSPS) is 23.9. The molecule has 6 heteroatoms. The number of piperidine rings is 3. The molecule has 0 spiro atoms. The molecule has 0 saturated carbocycles. The van der Waals surface area contributed by atoms with Crippen molar-refractivity contribution in [1.82, 2.24) is 0 Å². The van der Waals surface area contributed by atoms with Gasteiger partial charge in [-0.3, -0.25) is 4.79 Å². The molecule has 3 aromatic carbocycles. The van der Waals surface area contributed by atoms with E-state index in [0.29, 0.717) is 34.7 Å². The number of para-hydroxylation sites is 1. The fourth-order valence-corrected chi connectivity index (χ4v) is 5.53. The molecular formula is C29H32N3O3+. The maximum absolute atomic E-state index is 13.5. The lowest BCUT2D eigenvalue weighted by molar-refractivity contribution is -0.938. The number of anilines is 2. The van der Waals surface area contributed by atoms with Gasteiger partial charge in [0.05, 0.1) is 13.1 Å². The number of fused-ring (bicyclic) bond motifs is 3. The lowest BCUT2D eigenvalue weighted by Crippen LogP contribution is -2.65. The average Bonchev–Trinajstić information content (AvgIpc) is 2.89. The van der Waals surface area contributed by atoms with E-state index in [4.69, 9.17) is 10.5 Å². The monoisotopic (exact) mass is 470 g/mol. The Bertz CT molecular complexity index is 1170. The van der Waals surface area contributed by atoms with E-state index in [1.165, 1.54) is 0 Å². The number of nitrogens with zero attached hydrogens (tertiary/aromatic N) is 1. The molecule has 6 nitrogen and oxygen atoms in total. The minimum absolute atomic E-state index is 0.0932. The summed E-state index contributed by atoms with van der Waals surface area (Å²) >= 11 is 0. The van der Waals surface area contributed by atoms with Crippen molar-refractivity contribution in [2.75, 3.05) is 37.2 Å². The first-order valence-electron chi connectivity index (χ1n) is 12.3. The van der Waals surface area contributed by atoms with Crippen molar-refractivity contribution in [2.24, 2.45) is 5.92 Å². The molecule has 0 unspecified atom stereocenters. The number of nitrogen functional groups attached to an aromatic ring is 1. The Morgan fingerprint density at radius 3 is 2.31 bits per heavy atom. The van der Waals surface area contributed by atoms with Crippen LogP contribution in [0.25, 0.3) is 0 Å². The Kier molecular flexibility index (Phi) is 6.55. The van der Waals surface area contributed by atoms with Crippen LogP contribution in [0.3, 0.4) is 0 Å². The summed E-state index contributed by atoms with van der Waals surface area (Å²) < 4.78 is 6.87. The van der Waals surface area contributed by atoms with Crippen molar-refractivity contribution in [3.05, 3.63) is 96.1 Å². The van der Waals surface area contributed by atoms with Crippen molar-refractivity contribution in [1.29, 1.82) is 0 Å². The van der Waals surface area contributed by atoms with Gasteiger partial charge in [0, 0.05) is 35.7 Å². The Morgan fingerprint density at radius 1 is 0.943 bits per heavy atom. The average molecular weight is 471 g/mol. The highest BCUT2D eigenvalue weighted by atomic mass is 16.5. The van der Waals surface area contributed by atoms with E-state index in [1.807, 2.05) is 72.8 Å². The molecule has 2 atom stereocenters. The fraction of sp³-hybridized carbons (Fsp3) is 0.310. The lowest BCUT2D eigenvalue weighted by atomic mass is 9.82. The number of carbonyl (C=O) groups excluding carboxylic acids is 2. The van der Waals surface area contributed by atoms with E-state index in [1.54, 1.807) is 12.1 Å². The molecule has 3 aromatic rings. The lowest BCUT2D eigenvalue weighted by Gasteiger charge is -2.51. The minimum atomic E-state index is -0.601. The van der Waals surface area contributed by atoms with E-state index in [9.17, 15) is 9.59 Å². The number of nitrogens with two attached hydrogens (primary N) is 1. The van der Waals surface area contributed by atoms with Crippen molar-refractivity contribution in [2.45, 2.75) is 25.0 Å². The summed E-state index contributed by atoms with van der Waals surface area (Å²) in [6, 6.07) is 26.0. The van der Waals surface area contributed by atoms with Crippen LogP contribution >= 0.6 is 0 Å². The van der Waals surface area contributed by atoms with Gasteiger partial charge in [0.25, 0.3) is 0 Å². The first-order valence-corrected chi connectivity index (χ1v) is 12.3. The molecule has 0 aliphatic carbocycles. The smallest absolute Gasteiger partial charge is 0.333 e. The second-order valence-electron chi connectivity index (χ2n) is 9.85. The maximum Gasteiger partial charge on any atom is 0.333 e. The number of quaternary nitrogens is 1. The van der Waals surface area contributed by atoms with Gasteiger partial charge in [0.1, 0.15) is 13.1 Å². The SMILES string of the molecule is Nc1cccc(C(=O)C[N+]23CCC(CC2)[C@@H](OC(=O)[C@H](Nc2ccccc2)c2ccccc2)C3)c1. The van der Waals surface area contributed by atoms with Gasteiger partial charge in [0.2, 0.25) is 5.78 Å². The number of benzene rings is 3. The third kappa shape index (κ3) is 5.23. The van der Waals surface area contributed by atoms with Crippen LogP contribution in [-0.4, -0.2) is 48.5 Å². The van der Waals surface area contributed by atoms with Crippen molar-refractivity contribution >= 4 is 23.1 Å². The Morgan fingerprint density at radius 2 is 1.63 bits per heavy atom. The summed E-state index contributed by atoms with van der Waals surface area (Å²) in [5.74, 6) is 0.157. The van der Waals surface area contributed by atoms with Crippen molar-refractivity contribution in [3.63, 3.8) is 0 Å². The molecule has 3 N–H and O–H groups in total. The fourth-order valence-electron chi connectivity index (χ4n) is 5.53. The molecule has 3 aliphatic rings. The maximum atomic E-state index is 13.5. The topological polar surface area (TPSA) is 81.4 Å². The van der Waals surface area contributed by atoms with Crippen LogP contribution in [0, 0.1) is 5.92 Å². The van der Waals surface area contributed by atoms with Crippen LogP contribution in [0.2, 0.25) is 0 Å². The number of ether oxygens (including phenoxy) is 1. The molecule has 0 radical (unpaired) electrons. The van der Waals surface area contributed by atoms with Gasteiger partial charge in [-0.1, -0.05) is 60.7 Å². The second kappa shape index (κ2) is 9.92. The number of ketones is 1. The summed E-state index contributed by atoms with van der Waals surface area (Å²) in [6.45, 7) is 2.97. The highest BCUT2D eigenvalue weighted by molar-refractivity contribution is 5.97. The first-order chi connectivity index (χ1) is 17.0. The Labute approximate surface area is 206 Å². The molecule has 0 amide bonds. The third-order valence-corrected chi connectivity index (χ3v) is 7.45. The van der Waals surface area contributed by atoms with Crippen molar-refractivity contribution in [3.8, 4) is 0 Å². The van der Waals surface area contributed by atoms with Crippen LogP contribution in [0.4, 0.5) is 11.4 Å². The molecule has 3 aliphatic heterocycles. The van der Waals surface area contributed by atoms with Gasteiger partial charge in [-0.05, 0) is 29.8 Å². The molecule has 35 heavy (non-hydrogen) atoms. The molecule has 3 fully saturated rings. The van der Waals surface area contributed by atoms with Crippen LogP contribution in [-0.2, 0) is 9.53 Å². The standard InChI is InChI=1S/C29H32N3O3/c30-24-11-7-10-23(18-24)26(33)19-32-16-14-21(15-17-32)27(20-32)35-29(34)28(22-8-3-1-4-9-22)31-25-12-5-2-6-13-25/h1-13,18,21,27-28,31H,14-17,19-20,30H2/q+1/t21?,27-,28+,32?/m0/s1. The molecule has 2 bridgehead atoms. The zero-order chi connectivity index (χ0) is 24.3. The molecule has 6 rings (SSSR count). The largest absolute Gasteiger partial charge is 0.454 e. The van der Waals surface area contributed by atoms with Crippen LogP contribution in [0.1, 0.15) is 34.8 Å². The Hall–Kier alpha value is -3.64. The zero-order valence-electron chi connectivity index (χ0n) is 19.8. The molecular weight excluding hydrogens is 438 g/mol. The third-order valence-electron chi connectivity index (χ3n) is 7.45. The number of nitrogens with one attached hydrogen (secondary N) is 1. The molecule has 3 heterocycles.